The maximum atomic E-state index is 11.7. The van der Waals surface area contributed by atoms with E-state index in [0.717, 1.165) is 0 Å². The van der Waals surface area contributed by atoms with Crippen LogP contribution in [0, 0.1) is 0 Å². The molecule has 3 unspecified atom stereocenters. The van der Waals surface area contributed by atoms with Gasteiger partial charge in [0.05, 0.1) is 32.4 Å². The number of nitrogens with zero attached hydrogens (tertiary/aromatic N) is 1. The Morgan fingerprint density at radius 2 is 0.864 bits per heavy atom. The number of hydrogen-bond donors (Lipinski definition) is 7. The maximum Gasteiger partial charge on any atom is 0.317 e. The van der Waals surface area contributed by atoms with Crippen molar-refractivity contribution in [1.82, 2.24) is 20.9 Å². The van der Waals surface area contributed by atoms with E-state index < -0.39 is 41.9 Å². The topological polar surface area (TPSA) is 257 Å². The minimum atomic E-state index is -1.12. The Morgan fingerprint density at radius 3 is 1.16 bits per heavy atom. The summed E-state index contributed by atoms with van der Waals surface area (Å²) >= 11 is 0. The molecule has 0 radical (unpaired) electrons. The van der Waals surface area contributed by atoms with Crippen LogP contribution in [0.15, 0.2) is 0 Å². The normalized spacial score (nSPS) is 11.4. The predicted molar refractivity (Wildman–Crippen MR) is 166 cm³/mol. The highest BCUT2D eigenvalue weighted by Crippen LogP contribution is 2.03. The number of ketones is 3. The van der Waals surface area contributed by atoms with E-state index >= 15 is 0 Å². The minimum Gasteiger partial charge on any atom is -0.481 e. The third-order valence-electron chi connectivity index (χ3n) is 4.84. The van der Waals surface area contributed by atoms with E-state index in [1.165, 1.54) is 32.7 Å². The summed E-state index contributed by atoms with van der Waals surface area (Å²) in [6.07, 6.45) is -0.467. The zero-order valence-corrected chi connectivity index (χ0v) is 24.4. The molecule has 0 aliphatic rings. The number of amides is 1. The molecule has 16 nitrogen and oxygen atoms in total. The van der Waals surface area contributed by atoms with E-state index in [4.69, 9.17) is 20.4 Å². The average Bonchev–Trinajstić information content (AvgIpc) is 2.75. The van der Waals surface area contributed by atoms with Crippen LogP contribution in [-0.4, -0.2) is 125 Å². The fraction of sp³-hybridized carbons (Fsp3) is 0.714. The molecule has 0 bridgehead atoms. The van der Waals surface area contributed by atoms with Crippen molar-refractivity contribution in [3.63, 3.8) is 0 Å². The van der Waals surface area contributed by atoms with Crippen LogP contribution < -0.4 is 16.0 Å². The second kappa shape index (κ2) is 30.7. The molecule has 0 saturated heterocycles. The molecule has 260 valence electrons. The number of hydrogen-bond acceptors (Lipinski definition) is 11. The molecule has 0 heterocycles. The summed E-state index contributed by atoms with van der Waals surface area (Å²) in [5.41, 5.74) is 0. The fourth-order valence-corrected chi connectivity index (χ4v) is 3.23. The lowest BCUT2D eigenvalue weighted by Crippen LogP contribution is -2.41. The summed E-state index contributed by atoms with van der Waals surface area (Å²) in [4.78, 5) is 86.6. The number of carboxylic acids is 4. The third kappa shape index (κ3) is 40.4. The number of carbonyl (C=O) groups excluding carboxylic acids is 4. The van der Waals surface area contributed by atoms with Crippen molar-refractivity contribution in [2.24, 2.45) is 0 Å². The molecule has 16 heteroatoms. The number of likely N-dealkylation sites (N-methyl/N-ethyl adjacent to an activating group) is 1. The summed E-state index contributed by atoms with van der Waals surface area (Å²) in [6.45, 7) is 4.30. The van der Waals surface area contributed by atoms with Gasteiger partial charge in [-0.25, -0.2) is 0 Å². The summed E-state index contributed by atoms with van der Waals surface area (Å²) in [7, 11) is 4.78. The van der Waals surface area contributed by atoms with Gasteiger partial charge < -0.3 is 36.4 Å². The van der Waals surface area contributed by atoms with Crippen LogP contribution in [0.25, 0.3) is 0 Å². The predicted octanol–water partition coefficient (Wildman–Crippen LogP) is 0.906. The van der Waals surface area contributed by atoms with Gasteiger partial charge in [0.1, 0.15) is 17.3 Å². The van der Waals surface area contributed by atoms with Crippen LogP contribution in [0.1, 0.15) is 81.6 Å². The van der Waals surface area contributed by atoms with Gasteiger partial charge in [-0.05, 0) is 41.9 Å². The maximum absolute atomic E-state index is 11.7. The van der Waals surface area contributed by atoms with Gasteiger partial charge in [-0.15, -0.1) is 0 Å². The van der Waals surface area contributed by atoms with Crippen LogP contribution in [0.5, 0.6) is 0 Å². The number of aliphatic carboxylic acids is 4. The van der Waals surface area contributed by atoms with Crippen LogP contribution in [0.2, 0.25) is 0 Å². The van der Waals surface area contributed by atoms with Crippen molar-refractivity contribution < 1.29 is 58.8 Å². The number of carboxylic acid groups (broad SMARTS) is 4. The van der Waals surface area contributed by atoms with Crippen molar-refractivity contribution in [3.8, 4) is 0 Å². The van der Waals surface area contributed by atoms with Gasteiger partial charge in [0.25, 0.3) is 0 Å². The van der Waals surface area contributed by atoms with Gasteiger partial charge in [-0.2, -0.15) is 0 Å². The molecule has 0 aliphatic heterocycles. The number of carbonyl (C=O) groups is 8. The van der Waals surface area contributed by atoms with E-state index in [-0.39, 0.29) is 97.3 Å². The second-order valence-corrected chi connectivity index (χ2v) is 9.31. The number of Topliss-reactive ketones (excluding diaryl/α,β-unsaturated/α-hetero) is 3. The van der Waals surface area contributed by atoms with Gasteiger partial charge in [0.2, 0.25) is 5.91 Å². The molecule has 3 atom stereocenters. The van der Waals surface area contributed by atoms with E-state index in [0.29, 0.717) is 0 Å². The Hall–Kier alpha value is -3.76. The molecular formula is C28H56N4O12. The highest BCUT2D eigenvalue weighted by Gasteiger charge is 2.21. The van der Waals surface area contributed by atoms with Crippen molar-refractivity contribution in [2.75, 3.05) is 34.2 Å². The molecule has 0 aromatic carbocycles. The van der Waals surface area contributed by atoms with Crippen molar-refractivity contribution in [2.45, 2.75) is 99.7 Å². The van der Waals surface area contributed by atoms with Crippen LogP contribution in [-0.2, 0) is 38.4 Å². The standard InChI is InChI=1S/C12H20N2O6.C7H13NO3.C6H11NO3.3CH4/c1-7(15)3-9(6-12(19)20)14-10(16)4-8(13-2)5-11(17)18;1-5(9)3-6(8-2)4-7(10)11;1-5(8)3-7(2)4-6(9)10;;;/h8-9,13H,3-6H2,1-2H3,(H,14,16)(H,17,18)(H,19,20);6,8H,3-4H2,1-2H3,(H,10,11);3-4H2,1-2H3,(H,9,10);3*1H4. The quantitative estimate of drug-likeness (QED) is 0.103. The second-order valence-electron chi connectivity index (χ2n) is 9.31. The molecular weight excluding hydrogens is 584 g/mol. The van der Waals surface area contributed by atoms with Gasteiger partial charge in [0.15, 0.2) is 0 Å². The average molecular weight is 641 g/mol. The lowest BCUT2D eigenvalue weighted by Gasteiger charge is -2.18. The van der Waals surface area contributed by atoms with Crippen molar-refractivity contribution in [1.29, 1.82) is 0 Å². The zero-order valence-electron chi connectivity index (χ0n) is 24.4. The van der Waals surface area contributed by atoms with Gasteiger partial charge >= 0.3 is 23.9 Å². The fourth-order valence-electron chi connectivity index (χ4n) is 3.23. The number of rotatable bonds is 19. The molecule has 44 heavy (non-hydrogen) atoms. The van der Waals surface area contributed by atoms with Crippen LogP contribution >= 0.6 is 0 Å². The van der Waals surface area contributed by atoms with E-state index in [2.05, 4.69) is 16.0 Å². The molecule has 7 N–H and O–H groups in total. The van der Waals surface area contributed by atoms with Gasteiger partial charge in [-0.3, -0.25) is 43.3 Å². The smallest absolute Gasteiger partial charge is 0.317 e. The van der Waals surface area contributed by atoms with Crippen molar-refractivity contribution >= 4 is 47.1 Å². The number of nitrogens with one attached hydrogen (secondary N) is 3. The first-order valence-corrected chi connectivity index (χ1v) is 12.5. The van der Waals surface area contributed by atoms with Crippen molar-refractivity contribution in [3.05, 3.63) is 0 Å². The first-order chi connectivity index (χ1) is 18.8. The molecule has 0 aliphatic carbocycles. The minimum absolute atomic E-state index is 0. The summed E-state index contributed by atoms with van der Waals surface area (Å²) in [6, 6.07) is -1.56. The highest BCUT2D eigenvalue weighted by atomic mass is 16.4. The monoisotopic (exact) mass is 640 g/mol. The molecule has 0 fully saturated rings. The summed E-state index contributed by atoms with van der Waals surface area (Å²) < 4.78 is 0. The summed E-state index contributed by atoms with van der Waals surface area (Å²) in [5, 5.41) is 41.9. The molecule has 0 aromatic heterocycles. The van der Waals surface area contributed by atoms with Gasteiger partial charge in [-0.1, -0.05) is 22.3 Å². The Kier molecular flexibility index (Phi) is 36.9. The Balaban J connectivity index is -0.000000129. The summed E-state index contributed by atoms with van der Waals surface area (Å²) in [5.74, 6) is -4.69. The first kappa shape index (κ1) is 52.9. The van der Waals surface area contributed by atoms with E-state index in [1.54, 1.807) is 14.1 Å². The zero-order chi connectivity index (χ0) is 32.7. The molecule has 0 aromatic rings. The highest BCUT2D eigenvalue weighted by molar-refractivity contribution is 5.82. The lowest BCUT2D eigenvalue weighted by molar-refractivity contribution is -0.139. The van der Waals surface area contributed by atoms with E-state index in [1.807, 2.05) is 0 Å². The molecule has 1 amide bonds. The Labute approximate surface area is 261 Å². The molecule has 0 spiro atoms. The van der Waals surface area contributed by atoms with Gasteiger partial charge in [0, 0.05) is 37.4 Å². The largest absolute Gasteiger partial charge is 0.481 e. The van der Waals surface area contributed by atoms with Crippen LogP contribution in [0.4, 0.5) is 0 Å². The lowest BCUT2D eigenvalue weighted by atomic mass is 10.1. The molecule has 0 rings (SSSR count). The molecule has 0 saturated carbocycles. The first-order valence-electron chi connectivity index (χ1n) is 12.5. The third-order valence-corrected chi connectivity index (χ3v) is 4.84. The van der Waals surface area contributed by atoms with Crippen LogP contribution in [0.3, 0.4) is 0 Å². The Bertz CT molecular complexity index is 848. The SMILES string of the molecule is C.C.C.CC(=O)CN(C)CC(=O)O.CNC(CC(=O)O)CC(=O)NC(CC(C)=O)CC(=O)O.CNC(CC(C)=O)CC(=O)O. The van der Waals surface area contributed by atoms with E-state index in [9.17, 15) is 38.4 Å². The Morgan fingerprint density at radius 1 is 0.523 bits per heavy atom.